The molecule has 0 saturated carbocycles. The van der Waals surface area contributed by atoms with Gasteiger partial charge in [0.25, 0.3) is 0 Å². The molecule has 0 saturated heterocycles. The molecule has 0 fully saturated rings. The molecule has 0 radical (unpaired) electrons. The van der Waals surface area contributed by atoms with Gasteiger partial charge in [0.1, 0.15) is 0 Å². The molecule has 0 aliphatic rings. The number of benzene rings is 1. The molecule has 0 aromatic heterocycles. The second kappa shape index (κ2) is 8.06. The summed E-state index contributed by atoms with van der Waals surface area (Å²) in [5.74, 6) is -0.00628. The zero-order valence-corrected chi connectivity index (χ0v) is 11.3. The molecule has 1 unspecified atom stereocenters. The molecule has 0 aliphatic heterocycles. The van der Waals surface area contributed by atoms with E-state index in [0.29, 0.717) is 19.0 Å². The lowest BCUT2D eigenvalue weighted by Gasteiger charge is -2.14. The molecule has 1 rings (SSSR count). The molecule has 0 spiro atoms. The summed E-state index contributed by atoms with van der Waals surface area (Å²) >= 11 is 0. The monoisotopic (exact) mass is 255 g/mol. The summed E-state index contributed by atoms with van der Waals surface area (Å²) in [5.41, 5.74) is 0.929. The number of ether oxygens (including phenoxy) is 2. The van der Waals surface area contributed by atoms with Gasteiger partial charge in [-0.3, -0.25) is 0 Å². The Bertz CT molecular complexity index is 358. The van der Waals surface area contributed by atoms with E-state index in [1.165, 1.54) is 6.07 Å². The summed E-state index contributed by atoms with van der Waals surface area (Å²) in [6, 6.07) is 5.25. The van der Waals surface area contributed by atoms with Crippen molar-refractivity contribution in [3.8, 4) is 5.75 Å². The predicted octanol–water partition coefficient (Wildman–Crippen LogP) is 2.91. The molecule has 0 amide bonds. The Balaban J connectivity index is 2.56. The highest BCUT2D eigenvalue weighted by atomic mass is 19.1. The summed E-state index contributed by atoms with van der Waals surface area (Å²) in [6.07, 6.45) is 0.755. The van der Waals surface area contributed by atoms with E-state index in [1.54, 1.807) is 13.2 Å². The van der Waals surface area contributed by atoms with E-state index >= 15 is 0 Å². The van der Waals surface area contributed by atoms with Crippen LogP contribution in [0, 0.1) is 5.82 Å². The lowest BCUT2D eigenvalue weighted by Crippen LogP contribution is -2.17. The Morgan fingerprint density at radius 3 is 2.72 bits per heavy atom. The van der Waals surface area contributed by atoms with Gasteiger partial charge < -0.3 is 14.8 Å². The molecule has 1 atom stereocenters. The van der Waals surface area contributed by atoms with Crippen molar-refractivity contribution in [1.82, 2.24) is 5.32 Å². The van der Waals surface area contributed by atoms with E-state index in [9.17, 15) is 4.39 Å². The number of rotatable bonds is 8. The first kappa shape index (κ1) is 14.9. The van der Waals surface area contributed by atoms with Crippen LogP contribution in [-0.2, 0) is 4.74 Å². The van der Waals surface area contributed by atoms with Crippen LogP contribution in [0.5, 0.6) is 5.75 Å². The highest BCUT2D eigenvalue weighted by molar-refractivity contribution is 5.30. The van der Waals surface area contributed by atoms with Crippen molar-refractivity contribution in [2.75, 3.05) is 26.9 Å². The van der Waals surface area contributed by atoms with Crippen LogP contribution in [0.2, 0.25) is 0 Å². The van der Waals surface area contributed by atoms with Crippen LogP contribution in [0.4, 0.5) is 4.39 Å². The van der Waals surface area contributed by atoms with Crippen molar-refractivity contribution < 1.29 is 13.9 Å². The molecule has 1 aromatic rings. The molecular formula is C14H22FNO2. The fraction of sp³-hybridized carbons (Fsp3) is 0.571. The number of methoxy groups -OCH3 is 1. The van der Waals surface area contributed by atoms with Crippen molar-refractivity contribution in [2.45, 2.75) is 26.3 Å². The number of nitrogens with one attached hydrogen (secondary N) is 1. The third kappa shape index (κ3) is 4.63. The Morgan fingerprint density at radius 2 is 2.11 bits per heavy atom. The summed E-state index contributed by atoms with van der Waals surface area (Å²) < 4.78 is 24.0. The van der Waals surface area contributed by atoms with Gasteiger partial charge in [0, 0.05) is 26.2 Å². The van der Waals surface area contributed by atoms with Gasteiger partial charge in [-0.1, -0.05) is 13.0 Å². The molecule has 0 bridgehead atoms. The van der Waals surface area contributed by atoms with Gasteiger partial charge in [0.05, 0.1) is 6.61 Å². The number of hydrogen-bond donors (Lipinski definition) is 1. The predicted molar refractivity (Wildman–Crippen MR) is 70.5 cm³/mol. The maximum absolute atomic E-state index is 13.8. The van der Waals surface area contributed by atoms with Crippen LogP contribution in [0.15, 0.2) is 18.2 Å². The van der Waals surface area contributed by atoms with Crippen molar-refractivity contribution in [3.05, 3.63) is 29.6 Å². The Kier molecular flexibility index (Phi) is 6.68. The normalized spacial score (nSPS) is 12.4. The molecule has 3 nitrogen and oxygen atoms in total. The van der Waals surface area contributed by atoms with Crippen LogP contribution in [0.3, 0.4) is 0 Å². The van der Waals surface area contributed by atoms with Crippen molar-refractivity contribution >= 4 is 0 Å². The Hall–Kier alpha value is -1.13. The first-order valence-electron chi connectivity index (χ1n) is 6.33. The van der Waals surface area contributed by atoms with Crippen LogP contribution < -0.4 is 10.1 Å². The summed E-state index contributed by atoms with van der Waals surface area (Å²) in [4.78, 5) is 0. The third-order valence-electron chi connectivity index (χ3n) is 2.72. The van der Waals surface area contributed by atoms with Gasteiger partial charge >= 0.3 is 0 Å². The summed E-state index contributed by atoms with van der Waals surface area (Å²) in [7, 11) is 1.64. The van der Waals surface area contributed by atoms with Crippen molar-refractivity contribution in [2.24, 2.45) is 0 Å². The Labute approximate surface area is 108 Å². The average molecular weight is 255 g/mol. The molecule has 0 aliphatic carbocycles. The molecular weight excluding hydrogens is 233 g/mol. The molecule has 0 heterocycles. The molecule has 1 aromatic carbocycles. The van der Waals surface area contributed by atoms with Gasteiger partial charge in [-0.15, -0.1) is 0 Å². The van der Waals surface area contributed by atoms with Gasteiger partial charge in [0.15, 0.2) is 11.6 Å². The van der Waals surface area contributed by atoms with Gasteiger partial charge in [-0.2, -0.15) is 0 Å². The molecule has 18 heavy (non-hydrogen) atoms. The lowest BCUT2D eigenvalue weighted by molar-refractivity contribution is 0.170. The quantitative estimate of drug-likeness (QED) is 0.724. The first-order valence-corrected chi connectivity index (χ1v) is 6.33. The average Bonchev–Trinajstić information content (AvgIpc) is 2.36. The van der Waals surface area contributed by atoms with E-state index in [4.69, 9.17) is 9.47 Å². The maximum atomic E-state index is 13.8. The number of hydrogen-bond acceptors (Lipinski definition) is 3. The number of halogens is 1. The minimum absolute atomic E-state index is 0.145. The molecule has 102 valence electrons. The summed E-state index contributed by atoms with van der Waals surface area (Å²) in [6.45, 7) is 5.99. The highest BCUT2D eigenvalue weighted by Gasteiger charge is 2.09. The Morgan fingerprint density at radius 1 is 1.33 bits per heavy atom. The third-order valence-corrected chi connectivity index (χ3v) is 2.72. The SMILES string of the molecule is CCNC(C)c1ccc(OCCCOC)c(F)c1. The minimum atomic E-state index is -0.310. The van der Waals surface area contributed by atoms with E-state index in [1.807, 2.05) is 19.9 Å². The topological polar surface area (TPSA) is 30.5 Å². The van der Waals surface area contributed by atoms with E-state index in [0.717, 1.165) is 18.5 Å². The van der Waals surface area contributed by atoms with Crippen molar-refractivity contribution in [1.29, 1.82) is 0 Å². The standard InChI is InChI=1S/C14H22FNO2/c1-4-16-11(2)12-6-7-14(13(15)10-12)18-9-5-8-17-3/h6-7,10-11,16H,4-5,8-9H2,1-3H3. The lowest BCUT2D eigenvalue weighted by atomic mass is 10.1. The molecule has 4 heteroatoms. The zero-order valence-electron chi connectivity index (χ0n) is 11.3. The fourth-order valence-electron chi connectivity index (χ4n) is 1.71. The smallest absolute Gasteiger partial charge is 0.165 e. The van der Waals surface area contributed by atoms with Gasteiger partial charge in [-0.25, -0.2) is 4.39 Å². The second-order valence-electron chi connectivity index (χ2n) is 4.16. The highest BCUT2D eigenvalue weighted by Crippen LogP contribution is 2.22. The summed E-state index contributed by atoms with van der Waals surface area (Å²) in [5, 5.41) is 3.24. The van der Waals surface area contributed by atoms with E-state index in [-0.39, 0.29) is 11.9 Å². The van der Waals surface area contributed by atoms with Crippen molar-refractivity contribution in [3.63, 3.8) is 0 Å². The second-order valence-corrected chi connectivity index (χ2v) is 4.16. The van der Waals surface area contributed by atoms with E-state index in [2.05, 4.69) is 5.32 Å². The largest absolute Gasteiger partial charge is 0.490 e. The van der Waals surface area contributed by atoms with Gasteiger partial charge in [-0.05, 0) is 31.2 Å². The zero-order chi connectivity index (χ0) is 13.4. The van der Waals surface area contributed by atoms with Crippen LogP contribution in [0.1, 0.15) is 31.9 Å². The minimum Gasteiger partial charge on any atom is -0.490 e. The molecule has 1 N–H and O–H groups in total. The van der Waals surface area contributed by atoms with Gasteiger partial charge in [0.2, 0.25) is 0 Å². The van der Waals surface area contributed by atoms with E-state index < -0.39 is 0 Å². The van der Waals surface area contributed by atoms with Crippen LogP contribution >= 0.6 is 0 Å². The first-order chi connectivity index (χ1) is 8.69. The fourth-order valence-corrected chi connectivity index (χ4v) is 1.71. The van der Waals surface area contributed by atoms with Crippen LogP contribution in [-0.4, -0.2) is 26.9 Å². The maximum Gasteiger partial charge on any atom is 0.165 e. The van der Waals surface area contributed by atoms with Crippen LogP contribution in [0.25, 0.3) is 0 Å².